The molecule has 4 heteroatoms. The minimum absolute atomic E-state index is 0.666. The summed E-state index contributed by atoms with van der Waals surface area (Å²) in [5, 5.41) is 5.79. The van der Waals surface area contributed by atoms with Crippen LogP contribution in [0.1, 0.15) is 0 Å². The Morgan fingerprint density at radius 1 is 0.315 bits per heavy atom. The number of nitrogens with zero attached hydrogens (tertiary/aromatic N) is 4. The lowest BCUT2D eigenvalue weighted by Gasteiger charge is -2.16. The summed E-state index contributed by atoms with van der Waals surface area (Å²) >= 11 is 0. The van der Waals surface area contributed by atoms with Crippen LogP contribution in [0.25, 0.3) is 99.9 Å². The molecule has 0 aliphatic rings. The highest BCUT2D eigenvalue weighted by atomic mass is 14.9. The summed E-state index contributed by atoms with van der Waals surface area (Å²) in [6.07, 6.45) is 3.65. The van der Waals surface area contributed by atoms with Crippen molar-refractivity contribution in [3.8, 4) is 67.4 Å². The molecule has 0 amide bonds. The largest absolute Gasteiger partial charge is 0.256 e. The topological polar surface area (TPSA) is 51.6 Å². The second kappa shape index (κ2) is 13.4. The smallest absolute Gasteiger partial charge is 0.160 e. The van der Waals surface area contributed by atoms with Gasteiger partial charge in [-0.1, -0.05) is 133 Å². The van der Waals surface area contributed by atoms with Crippen LogP contribution in [0.3, 0.4) is 0 Å². The highest BCUT2D eigenvalue weighted by molar-refractivity contribution is 6.06. The minimum Gasteiger partial charge on any atom is -0.256 e. The number of aromatic nitrogens is 4. The van der Waals surface area contributed by atoms with Gasteiger partial charge in [0.15, 0.2) is 5.82 Å². The van der Waals surface area contributed by atoms with Gasteiger partial charge in [0.25, 0.3) is 0 Å². The molecule has 0 bridgehead atoms. The molecule has 0 saturated carbocycles. The summed E-state index contributed by atoms with van der Waals surface area (Å²) in [6, 6.07) is 63.9. The Labute approximate surface area is 313 Å². The summed E-state index contributed by atoms with van der Waals surface area (Å²) in [6.45, 7) is 0. The zero-order valence-electron chi connectivity index (χ0n) is 29.3. The van der Waals surface area contributed by atoms with Gasteiger partial charge in [-0.05, 0) is 86.8 Å². The molecule has 0 fully saturated rings. The van der Waals surface area contributed by atoms with Crippen molar-refractivity contribution in [3.05, 3.63) is 194 Å². The second-order valence-electron chi connectivity index (χ2n) is 13.5. The van der Waals surface area contributed by atoms with Crippen LogP contribution in [-0.2, 0) is 0 Å². The van der Waals surface area contributed by atoms with Gasteiger partial charge in [0, 0.05) is 45.6 Å². The Morgan fingerprint density at radius 2 is 0.815 bits per heavy atom. The first kappa shape index (κ1) is 31.4. The third-order valence-electron chi connectivity index (χ3n) is 10.2. The number of hydrogen-bond donors (Lipinski definition) is 0. The molecular weight excluding hydrogens is 657 g/mol. The van der Waals surface area contributed by atoms with E-state index in [-0.39, 0.29) is 0 Å². The molecule has 10 aromatic rings. The van der Waals surface area contributed by atoms with E-state index in [4.69, 9.17) is 9.97 Å². The van der Waals surface area contributed by atoms with Gasteiger partial charge < -0.3 is 0 Å². The Morgan fingerprint density at radius 3 is 1.41 bits per heavy atom. The van der Waals surface area contributed by atoms with E-state index in [0.717, 1.165) is 72.5 Å². The molecule has 3 heterocycles. The molecule has 252 valence electrons. The summed E-state index contributed by atoms with van der Waals surface area (Å²) in [4.78, 5) is 19.9. The van der Waals surface area contributed by atoms with Crippen molar-refractivity contribution in [1.82, 2.24) is 19.9 Å². The first-order valence-electron chi connectivity index (χ1n) is 18.1. The van der Waals surface area contributed by atoms with Crippen LogP contribution in [0.5, 0.6) is 0 Å². The van der Waals surface area contributed by atoms with Crippen LogP contribution in [0, 0.1) is 0 Å². The average Bonchev–Trinajstić information content (AvgIpc) is 3.26. The van der Waals surface area contributed by atoms with E-state index in [1.807, 2.05) is 48.8 Å². The maximum Gasteiger partial charge on any atom is 0.160 e. The van der Waals surface area contributed by atoms with Gasteiger partial charge in [-0.2, -0.15) is 0 Å². The zero-order valence-corrected chi connectivity index (χ0v) is 29.3. The van der Waals surface area contributed by atoms with Crippen molar-refractivity contribution >= 4 is 32.4 Å². The fourth-order valence-corrected chi connectivity index (χ4v) is 7.35. The summed E-state index contributed by atoms with van der Waals surface area (Å²) in [5.74, 6) is 0.666. The Bertz CT molecular complexity index is 2960. The molecule has 4 nitrogen and oxygen atoms in total. The fraction of sp³-hybridized carbons (Fsp3) is 0. The van der Waals surface area contributed by atoms with Gasteiger partial charge in [0.1, 0.15) is 0 Å². The molecule has 0 N–H and O–H groups in total. The molecule has 3 aromatic heterocycles. The number of benzene rings is 7. The molecule has 0 saturated heterocycles. The molecular formula is C50H32N4. The van der Waals surface area contributed by atoms with Crippen LogP contribution < -0.4 is 0 Å². The maximum absolute atomic E-state index is 5.40. The maximum atomic E-state index is 5.40. The average molecular weight is 689 g/mol. The summed E-state index contributed by atoms with van der Waals surface area (Å²) < 4.78 is 0. The molecule has 54 heavy (non-hydrogen) atoms. The SMILES string of the molecule is c1ccc(-c2ccc(-c3nc(-c4ccc(-c5ccccn5)cc4)c4cc(-c5ccc6ccccc6c5)cc(-c5ccc6ccccc6c5)c4n3)cc2)nc1. The number of pyridine rings is 2. The first-order chi connectivity index (χ1) is 26.7. The lowest BCUT2D eigenvalue weighted by molar-refractivity contribution is 1.23. The van der Waals surface area contributed by atoms with Gasteiger partial charge >= 0.3 is 0 Å². The lowest BCUT2D eigenvalue weighted by atomic mass is 9.92. The van der Waals surface area contributed by atoms with E-state index in [9.17, 15) is 0 Å². The van der Waals surface area contributed by atoms with Crippen molar-refractivity contribution in [2.45, 2.75) is 0 Å². The minimum atomic E-state index is 0.666. The van der Waals surface area contributed by atoms with E-state index >= 15 is 0 Å². The Balaban J connectivity index is 1.23. The zero-order chi connectivity index (χ0) is 35.8. The van der Waals surface area contributed by atoms with Crippen molar-refractivity contribution < 1.29 is 0 Å². The molecule has 0 radical (unpaired) electrons. The molecule has 0 unspecified atom stereocenters. The van der Waals surface area contributed by atoms with Gasteiger partial charge in [0.05, 0.1) is 22.6 Å². The lowest BCUT2D eigenvalue weighted by Crippen LogP contribution is -1.98. The van der Waals surface area contributed by atoms with Crippen LogP contribution in [0.2, 0.25) is 0 Å². The van der Waals surface area contributed by atoms with Crippen molar-refractivity contribution in [1.29, 1.82) is 0 Å². The normalized spacial score (nSPS) is 11.3. The van der Waals surface area contributed by atoms with E-state index in [2.05, 4.69) is 156 Å². The number of fused-ring (bicyclic) bond motifs is 3. The second-order valence-corrected chi connectivity index (χ2v) is 13.5. The van der Waals surface area contributed by atoms with Gasteiger partial charge in [-0.3, -0.25) is 9.97 Å². The Kier molecular flexibility index (Phi) is 7.77. The molecule has 0 aliphatic heterocycles. The molecule has 0 atom stereocenters. The molecule has 0 spiro atoms. The molecule has 10 rings (SSSR count). The van der Waals surface area contributed by atoms with Crippen molar-refractivity contribution in [2.75, 3.05) is 0 Å². The van der Waals surface area contributed by atoms with Crippen LogP contribution in [0.15, 0.2) is 194 Å². The van der Waals surface area contributed by atoms with E-state index in [0.29, 0.717) is 5.82 Å². The molecule has 0 aliphatic carbocycles. The third kappa shape index (κ3) is 5.86. The standard InChI is InChI=1S/C50H32N4/c1-3-11-39-29-41(25-15-33(39)9-1)43-31-44(42-26-16-34-10-2-4-12-40(34)30-42)49-45(32-43)48(37-21-17-35(18-22-37)46-13-5-7-27-51-46)53-50(54-49)38-23-19-36(20-24-38)47-14-6-8-28-52-47/h1-32H. The van der Waals surface area contributed by atoms with E-state index in [1.54, 1.807) is 0 Å². The third-order valence-corrected chi connectivity index (χ3v) is 10.2. The van der Waals surface area contributed by atoms with Gasteiger partial charge in [-0.15, -0.1) is 0 Å². The van der Waals surface area contributed by atoms with E-state index in [1.165, 1.54) is 21.5 Å². The highest BCUT2D eigenvalue weighted by Gasteiger charge is 2.18. The first-order valence-corrected chi connectivity index (χ1v) is 18.1. The predicted molar refractivity (Wildman–Crippen MR) is 223 cm³/mol. The summed E-state index contributed by atoms with van der Waals surface area (Å²) in [5.41, 5.74) is 12.1. The van der Waals surface area contributed by atoms with Crippen LogP contribution in [0.4, 0.5) is 0 Å². The predicted octanol–water partition coefficient (Wildman–Crippen LogP) is 12.7. The monoisotopic (exact) mass is 688 g/mol. The van der Waals surface area contributed by atoms with Crippen molar-refractivity contribution in [3.63, 3.8) is 0 Å². The highest BCUT2D eigenvalue weighted by Crippen LogP contribution is 2.40. The van der Waals surface area contributed by atoms with Crippen molar-refractivity contribution in [2.24, 2.45) is 0 Å². The Hall–Kier alpha value is -7.30. The number of hydrogen-bond acceptors (Lipinski definition) is 4. The fourth-order valence-electron chi connectivity index (χ4n) is 7.35. The number of rotatable bonds is 6. The molecule has 7 aromatic carbocycles. The summed E-state index contributed by atoms with van der Waals surface area (Å²) in [7, 11) is 0. The van der Waals surface area contributed by atoms with Gasteiger partial charge in [0.2, 0.25) is 0 Å². The van der Waals surface area contributed by atoms with Crippen LogP contribution in [-0.4, -0.2) is 19.9 Å². The van der Waals surface area contributed by atoms with Crippen LogP contribution >= 0.6 is 0 Å². The van der Waals surface area contributed by atoms with E-state index < -0.39 is 0 Å². The quantitative estimate of drug-likeness (QED) is 0.174. The van der Waals surface area contributed by atoms with Gasteiger partial charge in [-0.25, -0.2) is 9.97 Å².